The van der Waals surface area contributed by atoms with Crippen molar-refractivity contribution in [3.63, 3.8) is 0 Å². The second-order valence-electron chi connectivity index (χ2n) is 8.95. The number of hydrogen-bond acceptors (Lipinski definition) is 6. The van der Waals surface area contributed by atoms with Crippen LogP contribution in [0, 0.1) is 23.2 Å². The zero-order valence-corrected chi connectivity index (χ0v) is 21.4. The molecule has 1 aliphatic rings. The highest BCUT2D eigenvalue weighted by Crippen LogP contribution is 2.31. The number of aromatic nitrogens is 2. The number of halogens is 3. The molecule has 1 aliphatic carbocycles. The number of carbonyl (C=O) groups excluding carboxylic acids is 1. The van der Waals surface area contributed by atoms with Crippen LogP contribution in [0.15, 0.2) is 18.2 Å². The van der Waals surface area contributed by atoms with Crippen molar-refractivity contribution in [3.05, 3.63) is 41.0 Å². The molecule has 2 aromatic rings. The van der Waals surface area contributed by atoms with Crippen molar-refractivity contribution in [2.75, 3.05) is 13.6 Å². The van der Waals surface area contributed by atoms with Crippen molar-refractivity contribution in [3.8, 4) is 17.5 Å². The van der Waals surface area contributed by atoms with Gasteiger partial charge in [-0.1, -0.05) is 32.8 Å². The van der Waals surface area contributed by atoms with Crippen LogP contribution in [0.5, 0.6) is 5.75 Å². The molecule has 1 fully saturated rings. The molecule has 0 bridgehead atoms. The van der Waals surface area contributed by atoms with Crippen LogP contribution < -0.4 is 10.1 Å². The third-order valence-corrected chi connectivity index (χ3v) is 6.34. The highest BCUT2D eigenvalue weighted by molar-refractivity contribution is 7.51. The molecule has 0 saturated heterocycles. The molecule has 12 heteroatoms. The number of nitriles is 1. The smallest absolute Gasteiger partial charge is 0.389 e. The van der Waals surface area contributed by atoms with Gasteiger partial charge in [0.1, 0.15) is 17.6 Å². The SMILES string of the molecule is O=S=O.[2H]C([2H])([2H])Oc1cc(CCC(F)(F)F)ccc1-n1c(CC)nc(C(=O)NCC2CCC(C)CC2)c1C#N. The van der Waals surface area contributed by atoms with Gasteiger partial charge in [0.25, 0.3) is 5.91 Å². The largest absolute Gasteiger partial charge is 0.495 e. The van der Waals surface area contributed by atoms with Crippen molar-refractivity contribution in [1.29, 1.82) is 5.26 Å². The summed E-state index contributed by atoms with van der Waals surface area (Å²) < 4.78 is 83.8. The van der Waals surface area contributed by atoms with Crippen LogP contribution in [0.4, 0.5) is 13.2 Å². The summed E-state index contributed by atoms with van der Waals surface area (Å²) in [4.78, 5) is 17.4. The Morgan fingerprint density at radius 2 is 2.00 bits per heavy atom. The number of aryl methyl sites for hydroxylation is 2. The first kappa shape index (κ1) is 25.4. The van der Waals surface area contributed by atoms with E-state index in [1.807, 2.05) is 6.07 Å². The van der Waals surface area contributed by atoms with E-state index in [2.05, 4.69) is 17.2 Å². The fraction of sp³-hybridized carbons (Fsp3) is 0.560. The number of hydrogen-bond donors (Lipinski definition) is 1. The van der Waals surface area contributed by atoms with Gasteiger partial charge < -0.3 is 10.1 Å². The average molecular weight is 544 g/mol. The number of rotatable bonds is 8. The Morgan fingerprint density at radius 3 is 2.57 bits per heavy atom. The van der Waals surface area contributed by atoms with Gasteiger partial charge in [-0.05, 0) is 48.8 Å². The molecule has 1 N–H and O–H groups in total. The second kappa shape index (κ2) is 13.9. The molecule has 37 heavy (non-hydrogen) atoms. The zero-order valence-electron chi connectivity index (χ0n) is 23.6. The van der Waals surface area contributed by atoms with Crippen LogP contribution in [0.2, 0.25) is 0 Å². The highest BCUT2D eigenvalue weighted by Gasteiger charge is 2.28. The lowest BCUT2D eigenvalue weighted by Gasteiger charge is -2.26. The predicted molar refractivity (Wildman–Crippen MR) is 131 cm³/mol. The lowest BCUT2D eigenvalue weighted by molar-refractivity contribution is -0.134. The fourth-order valence-corrected chi connectivity index (χ4v) is 4.35. The van der Waals surface area contributed by atoms with Crippen molar-refractivity contribution in [2.45, 2.75) is 65.0 Å². The summed E-state index contributed by atoms with van der Waals surface area (Å²) in [5, 5.41) is 12.8. The van der Waals surface area contributed by atoms with Crippen molar-refractivity contribution < 1.29 is 35.2 Å². The van der Waals surface area contributed by atoms with Crippen molar-refractivity contribution in [2.24, 2.45) is 11.8 Å². The van der Waals surface area contributed by atoms with Gasteiger partial charge in [0, 0.05) is 19.4 Å². The molecule has 0 aliphatic heterocycles. The second-order valence-corrected chi connectivity index (χ2v) is 9.09. The maximum Gasteiger partial charge on any atom is 0.389 e. The normalized spacial score (nSPS) is 18.8. The molecule has 0 radical (unpaired) electrons. The molecule has 3 rings (SSSR count). The Hall–Kier alpha value is -3.20. The molecule has 8 nitrogen and oxygen atoms in total. The fourth-order valence-electron chi connectivity index (χ4n) is 4.35. The highest BCUT2D eigenvalue weighted by atomic mass is 32.1. The molecule has 1 amide bonds. The van der Waals surface area contributed by atoms with Gasteiger partial charge in [-0.3, -0.25) is 9.36 Å². The molecule has 0 spiro atoms. The minimum absolute atomic E-state index is 0.0930. The molecule has 1 aromatic heterocycles. The van der Waals surface area contributed by atoms with E-state index in [4.69, 9.17) is 17.3 Å². The van der Waals surface area contributed by atoms with Crippen molar-refractivity contribution in [1.82, 2.24) is 14.9 Å². The van der Waals surface area contributed by atoms with Gasteiger partial charge in [-0.15, -0.1) is 0 Å². The van der Waals surface area contributed by atoms with E-state index in [-0.39, 0.29) is 34.8 Å². The van der Waals surface area contributed by atoms with Crippen LogP contribution in [-0.2, 0) is 24.4 Å². The zero-order chi connectivity index (χ0) is 30.1. The number of imidazole rings is 1. The lowest BCUT2D eigenvalue weighted by Crippen LogP contribution is -2.31. The summed E-state index contributed by atoms with van der Waals surface area (Å²) in [6.45, 7) is 4.43. The molecule has 1 aromatic carbocycles. The van der Waals surface area contributed by atoms with E-state index in [9.17, 15) is 23.2 Å². The first-order valence-corrected chi connectivity index (χ1v) is 12.5. The molecular formula is C25H31F3N4O4S. The van der Waals surface area contributed by atoms with Gasteiger partial charge in [0.15, 0.2) is 11.4 Å². The summed E-state index contributed by atoms with van der Waals surface area (Å²) in [7, 11) is -2.89. The Bertz CT molecular complexity index is 1250. The Kier molecular flexibility index (Phi) is 9.58. The van der Waals surface area contributed by atoms with Gasteiger partial charge in [0.2, 0.25) is 0 Å². The number of amides is 1. The molecule has 1 saturated carbocycles. The van der Waals surface area contributed by atoms with Gasteiger partial charge in [-0.25, -0.2) is 4.98 Å². The maximum atomic E-state index is 13.0. The number of methoxy groups -OCH3 is 1. The van der Waals surface area contributed by atoms with E-state index in [0.29, 0.717) is 30.6 Å². The molecule has 1 heterocycles. The van der Waals surface area contributed by atoms with Crippen LogP contribution in [0.25, 0.3) is 5.69 Å². The Morgan fingerprint density at radius 1 is 1.32 bits per heavy atom. The number of ether oxygens (including phenoxy) is 1. The van der Waals surface area contributed by atoms with Crippen LogP contribution in [0.1, 0.15) is 77.6 Å². The first-order chi connectivity index (χ1) is 18.7. The minimum Gasteiger partial charge on any atom is -0.495 e. The van der Waals surface area contributed by atoms with Gasteiger partial charge >= 0.3 is 17.7 Å². The standard InChI is InChI=1S/C25H31F3N4O2.O2S/c1-4-22-31-23(24(33)30-15-18-7-5-16(2)6-8-18)20(14-29)32(22)19-10-9-17(13-21(19)34-3)11-12-25(26,27)28;1-3-2/h9-10,13,16,18H,4-8,11-12,15H2,1-3H3,(H,30,33);/i3D3;. The Labute approximate surface area is 222 Å². The molecule has 0 unspecified atom stereocenters. The predicted octanol–water partition coefficient (Wildman–Crippen LogP) is 4.70. The summed E-state index contributed by atoms with van der Waals surface area (Å²) in [6, 6.07) is 6.01. The molecule has 0 atom stereocenters. The summed E-state index contributed by atoms with van der Waals surface area (Å²) >= 11 is -0.750. The van der Waals surface area contributed by atoms with Gasteiger partial charge in [0.05, 0.1) is 16.8 Å². The third-order valence-electron chi connectivity index (χ3n) is 6.34. The maximum absolute atomic E-state index is 13.0. The number of nitrogens with zero attached hydrogens (tertiary/aromatic N) is 3. The molecular weight excluding hydrogens is 509 g/mol. The van der Waals surface area contributed by atoms with E-state index in [1.54, 1.807) is 6.92 Å². The number of benzene rings is 1. The minimum atomic E-state index is -4.38. The third kappa shape index (κ3) is 8.42. The van der Waals surface area contributed by atoms with Crippen LogP contribution >= 0.6 is 0 Å². The number of carbonyl (C=O) groups is 1. The quantitative estimate of drug-likeness (QED) is 0.517. The van der Waals surface area contributed by atoms with E-state index < -0.39 is 37.1 Å². The number of alkyl halides is 3. The topological polar surface area (TPSA) is 114 Å². The lowest BCUT2D eigenvalue weighted by atomic mass is 9.83. The first-order valence-electron chi connectivity index (χ1n) is 13.3. The van der Waals surface area contributed by atoms with Crippen LogP contribution in [-0.4, -0.2) is 43.6 Å². The van der Waals surface area contributed by atoms with E-state index in [1.165, 1.54) is 22.8 Å². The average Bonchev–Trinajstić information content (AvgIpc) is 3.25. The molecule has 202 valence electrons. The summed E-state index contributed by atoms with van der Waals surface area (Å²) in [6.07, 6.45) is -1.31. The van der Waals surface area contributed by atoms with E-state index >= 15 is 0 Å². The summed E-state index contributed by atoms with van der Waals surface area (Å²) in [5.74, 6) is 0.593. The summed E-state index contributed by atoms with van der Waals surface area (Å²) in [5.41, 5.74) is 0.124. The Balaban J connectivity index is 0.00000178. The number of nitrogens with one attached hydrogen (secondary N) is 1. The van der Waals surface area contributed by atoms with Crippen molar-refractivity contribution >= 4 is 17.5 Å². The van der Waals surface area contributed by atoms with E-state index in [0.717, 1.165) is 25.7 Å². The van der Waals surface area contributed by atoms with Crippen LogP contribution in [0.3, 0.4) is 0 Å². The van der Waals surface area contributed by atoms with Gasteiger partial charge in [-0.2, -0.15) is 26.9 Å². The monoisotopic (exact) mass is 543 g/mol.